The lowest BCUT2D eigenvalue weighted by Gasteiger charge is -2.18. The van der Waals surface area contributed by atoms with Crippen molar-refractivity contribution in [1.82, 2.24) is 0 Å². The first-order valence-corrected chi connectivity index (χ1v) is 7.54. The number of ether oxygens (including phenoxy) is 2. The highest BCUT2D eigenvalue weighted by Gasteiger charge is 2.25. The zero-order valence-corrected chi connectivity index (χ0v) is 12.8. The number of fused-ring (bicyclic) bond motifs is 2. The standard InChI is InChI=1S/C20H18O2/c1-21-14-8-6-13-7-9-17(19(13)12-14)16-10-11-20(22-2)18-5-3-4-15(16)18/h3-4,6-12,17H,5H2,1-2H3. The molecule has 0 fully saturated rings. The van der Waals surface area contributed by atoms with Crippen LogP contribution in [0.25, 0.3) is 12.2 Å². The minimum atomic E-state index is 0.285. The molecule has 0 saturated heterocycles. The first kappa shape index (κ1) is 13.2. The van der Waals surface area contributed by atoms with Crippen LogP contribution < -0.4 is 9.47 Å². The third-order valence-corrected chi connectivity index (χ3v) is 4.61. The summed E-state index contributed by atoms with van der Waals surface area (Å²) in [6.07, 6.45) is 9.86. The van der Waals surface area contributed by atoms with Gasteiger partial charge in [0, 0.05) is 11.5 Å². The van der Waals surface area contributed by atoms with E-state index in [0.29, 0.717) is 0 Å². The molecule has 0 radical (unpaired) electrons. The Morgan fingerprint density at radius 2 is 1.86 bits per heavy atom. The molecule has 0 heterocycles. The van der Waals surface area contributed by atoms with Gasteiger partial charge in [-0.3, -0.25) is 0 Å². The molecule has 22 heavy (non-hydrogen) atoms. The summed E-state index contributed by atoms with van der Waals surface area (Å²) in [5, 5.41) is 0. The highest BCUT2D eigenvalue weighted by molar-refractivity contribution is 5.73. The van der Waals surface area contributed by atoms with E-state index < -0.39 is 0 Å². The Bertz CT molecular complexity index is 800. The highest BCUT2D eigenvalue weighted by atomic mass is 16.5. The van der Waals surface area contributed by atoms with Crippen LogP contribution in [0.1, 0.15) is 33.7 Å². The summed E-state index contributed by atoms with van der Waals surface area (Å²) in [5.41, 5.74) is 6.53. The van der Waals surface area contributed by atoms with Crippen LogP contribution >= 0.6 is 0 Å². The summed E-state index contributed by atoms with van der Waals surface area (Å²) < 4.78 is 10.9. The van der Waals surface area contributed by atoms with E-state index in [1.165, 1.54) is 27.8 Å². The summed E-state index contributed by atoms with van der Waals surface area (Å²) in [6, 6.07) is 10.6. The van der Waals surface area contributed by atoms with Crippen molar-refractivity contribution in [2.45, 2.75) is 12.3 Å². The molecular formula is C20H18O2. The molecule has 0 saturated carbocycles. The third-order valence-electron chi connectivity index (χ3n) is 4.61. The van der Waals surface area contributed by atoms with Crippen LogP contribution in [0, 0.1) is 0 Å². The van der Waals surface area contributed by atoms with Crippen molar-refractivity contribution in [1.29, 1.82) is 0 Å². The average molecular weight is 290 g/mol. The van der Waals surface area contributed by atoms with E-state index in [0.717, 1.165) is 17.9 Å². The Hall–Kier alpha value is -2.48. The maximum absolute atomic E-state index is 5.50. The second kappa shape index (κ2) is 5.06. The minimum Gasteiger partial charge on any atom is -0.497 e. The molecule has 110 valence electrons. The fraction of sp³-hybridized carbons (Fsp3) is 0.200. The molecule has 1 atom stereocenters. The second-order valence-corrected chi connectivity index (χ2v) is 5.69. The Labute approximate surface area is 130 Å². The highest BCUT2D eigenvalue weighted by Crippen LogP contribution is 2.42. The van der Waals surface area contributed by atoms with Gasteiger partial charge in [-0.2, -0.15) is 0 Å². The number of rotatable bonds is 3. The van der Waals surface area contributed by atoms with Gasteiger partial charge in [-0.25, -0.2) is 0 Å². The monoisotopic (exact) mass is 290 g/mol. The van der Waals surface area contributed by atoms with Gasteiger partial charge >= 0.3 is 0 Å². The molecule has 2 aromatic rings. The molecule has 4 rings (SSSR count). The van der Waals surface area contributed by atoms with E-state index in [1.54, 1.807) is 14.2 Å². The van der Waals surface area contributed by atoms with Gasteiger partial charge in [0.2, 0.25) is 0 Å². The molecule has 0 N–H and O–H groups in total. The number of allylic oxidation sites excluding steroid dienone is 2. The van der Waals surface area contributed by atoms with Gasteiger partial charge in [0.05, 0.1) is 14.2 Å². The van der Waals surface area contributed by atoms with Gasteiger partial charge in [0.25, 0.3) is 0 Å². The lowest BCUT2D eigenvalue weighted by molar-refractivity contribution is 0.410. The third kappa shape index (κ3) is 1.87. The van der Waals surface area contributed by atoms with Crippen molar-refractivity contribution in [3.05, 3.63) is 70.3 Å². The van der Waals surface area contributed by atoms with Crippen LogP contribution in [0.2, 0.25) is 0 Å². The minimum absolute atomic E-state index is 0.285. The van der Waals surface area contributed by atoms with Gasteiger partial charge in [-0.05, 0) is 46.9 Å². The van der Waals surface area contributed by atoms with Crippen LogP contribution in [0.5, 0.6) is 11.5 Å². The molecule has 2 nitrogen and oxygen atoms in total. The Morgan fingerprint density at radius 1 is 0.955 bits per heavy atom. The maximum Gasteiger partial charge on any atom is 0.122 e. The van der Waals surface area contributed by atoms with Gasteiger partial charge in [-0.15, -0.1) is 0 Å². The lowest BCUT2D eigenvalue weighted by Crippen LogP contribution is -2.02. The quantitative estimate of drug-likeness (QED) is 0.832. The van der Waals surface area contributed by atoms with E-state index >= 15 is 0 Å². The molecule has 0 amide bonds. The van der Waals surface area contributed by atoms with Crippen molar-refractivity contribution in [3.8, 4) is 11.5 Å². The van der Waals surface area contributed by atoms with Crippen LogP contribution in [0.15, 0.2) is 42.5 Å². The molecule has 0 spiro atoms. The largest absolute Gasteiger partial charge is 0.497 e. The predicted octanol–water partition coefficient (Wildman–Crippen LogP) is 4.43. The first-order chi connectivity index (χ1) is 10.8. The fourth-order valence-electron chi connectivity index (χ4n) is 3.50. The van der Waals surface area contributed by atoms with Gasteiger partial charge in [0.15, 0.2) is 0 Å². The molecule has 0 aliphatic heterocycles. The summed E-state index contributed by atoms with van der Waals surface area (Å²) in [4.78, 5) is 0. The first-order valence-electron chi connectivity index (χ1n) is 7.54. The van der Waals surface area contributed by atoms with Crippen molar-refractivity contribution in [2.24, 2.45) is 0 Å². The Kier molecular flexibility index (Phi) is 3.04. The van der Waals surface area contributed by atoms with Crippen molar-refractivity contribution < 1.29 is 9.47 Å². The van der Waals surface area contributed by atoms with Crippen LogP contribution in [0.4, 0.5) is 0 Å². The molecule has 2 aliphatic carbocycles. The fourth-order valence-corrected chi connectivity index (χ4v) is 3.50. The number of hydrogen-bond donors (Lipinski definition) is 0. The Balaban J connectivity index is 1.85. The summed E-state index contributed by atoms with van der Waals surface area (Å²) in [7, 11) is 3.45. The van der Waals surface area contributed by atoms with Crippen molar-refractivity contribution in [2.75, 3.05) is 14.2 Å². The molecule has 0 bridgehead atoms. The Morgan fingerprint density at radius 3 is 2.68 bits per heavy atom. The summed E-state index contributed by atoms with van der Waals surface area (Å²) in [6.45, 7) is 0. The van der Waals surface area contributed by atoms with Gasteiger partial charge in [-0.1, -0.05) is 36.4 Å². The van der Waals surface area contributed by atoms with Crippen LogP contribution in [0.3, 0.4) is 0 Å². The van der Waals surface area contributed by atoms with E-state index in [9.17, 15) is 0 Å². The molecule has 2 heteroatoms. The van der Waals surface area contributed by atoms with Crippen LogP contribution in [-0.4, -0.2) is 14.2 Å². The number of methoxy groups -OCH3 is 2. The van der Waals surface area contributed by atoms with Crippen molar-refractivity contribution >= 4 is 12.2 Å². The predicted molar refractivity (Wildman–Crippen MR) is 89.6 cm³/mol. The maximum atomic E-state index is 5.50. The summed E-state index contributed by atoms with van der Waals surface area (Å²) >= 11 is 0. The normalized spacial score (nSPS) is 17.5. The average Bonchev–Trinajstić information content (AvgIpc) is 3.20. The van der Waals surface area contributed by atoms with Gasteiger partial charge < -0.3 is 9.47 Å². The van der Waals surface area contributed by atoms with E-state index in [4.69, 9.17) is 9.47 Å². The van der Waals surface area contributed by atoms with E-state index in [1.807, 2.05) is 6.07 Å². The smallest absolute Gasteiger partial charge is 0.122 e. The molecule has 2 aromatic carbocycles. The van der Waals surface area contributed by atoms with Gasteiger partial charge in [0.1, 0.15) is 11.5 Å². The number of benzene rings is 2. The van der Waals surface area contributed by atoms with E-state index in [-0.39, 0.29) is 5.92 Å². The van der Waals surface area contributed by atoms with Crippen molar-refractivity contribution in [3.63, 3.8) is 0 Å². The van der Waals surface area contributed by atoms with E-state index in [2.05, 4.69) is 48.6 Å². The van der Waals surface area contributed by atoms with Crippen LogP contribution in [-0.2, 0) is 6.42 Å². The zero-order chi connectivity index (χ0) is 15.1. The lowest BCUT2D eigenvalue weighted by atomic mass is 9.88. The molecular weight excluding hydrogens is 272 g/mol. The summed E-state index contributed by atoms with van der Waals surface area (Å²) in [5.74, 6) is 2.18. The topological polar surface area (TPSA) is 18.5 Å². The second-order valence-electron chi connectivity index (χ2n) is 5.69. The molecule has 2 aliphatic rings. The molecule has 1 unspecified atom stereocenters. The SMILES string of the molecule is COc1ccc2c(c1)C(c1ccc(OC)c3c1C=CC3)C=C2. The zero-order valence-electron chi connectivity index (χ0n) is 12.8. The number of hydrogen-bond acceptors (Lipinski definition) is 2. The molecule has 0 aromatic heterocycles.